The van der Waals surface area contributed by atoms with E-state index in [1.807, 2.05) is 30.3 Å². The van der Waals surface area contributed by atoms with E-state index in [9.17, 15) is 5.11 Å². The summed E-state index contributed by atoms with van der Waals surface area (Å²) < 4.78 is 0. The number of benzene rings is 1. The third kappa shape index (κ3) is 1.85. The standard InChI is InChI=1S/C15H12N2O/c18-15(12-5-8-16-9-6-12)14-13-4-2-1-3-11(13)7-10-17-14/h1-10,15,18H. The molecule has 1 atom stereocenters. The monoisotopic (exact) mass is 236 g/mol. The first-order valence-corrected chi connectivity index (χ1v) is 5.78. The van der Waals surface area contributed by atoms with Gasteiger partial charge in [-0.2, -0.15) is 0 Å². The molecule has 3 nitrogen and oxygen atoms in total. The van der Waals surface area contributed by atoms with Crippen molar-refractivity contribution in [2.45, 2.75) is 6.10 Å². The topological polar surface area (TPSA) is 46.0 Å². The summed E-state index contributed by atoms with van der Waals surface area (Å²) in [5, 5.41) is 12.5. The van der Waals surface area contributed by atoms with Gasteiger partial charge in [-0.3, -0.25) is 9.97 Å². The molecular formula is C15H12N2O. The molecule has 18 heavy (non-hydrogen) atoms. The number of pyridine rings is 2. The summed E-state index contributed by atoms with van der Waals surface area (Å²) in [5.41, 5.74) is 1.48. The second-order valence-electron chi connectivity index (χ2n) is 4.10. The third-order valence-electron chi connectivity index (χ3n) is 2.99. The van der Waals surface area contributed by atoms with Crippen molar-refractivity contribution in [3.8, 4) is 0 Å². The molecule has 0 saturated heterocycles. The van der Waals surface area contributed by atoms with Crippen LogP contribution < -0.4 is 0 Å². The second-order valence-corrected chi connectivity index (χ2v) is 4.10. The van der Waals surface area contributed by atoms with Crippen LogP contribution in [0, 0.1) is 0 Å². The van der Waals surface area contributed by atoms with Crippen LogP contribution in [0.3, 0.4) is 0 Å². The van der Waals surface area contributed by atoms with Crippen LogP contribution >= 0.6 is 0 Å². The molecule has 1 aromatic carbocycles. The van der Waals surface area contributed by atoms with Crippen LogP contribution in [0.1, 0.15) is 17.4 Å². The highest BCUT2D eigenvalue weighted by Crippen LogP contribution is 2.26. The Labute approximate surface area is 105 Å². The molecule has 2 aromatic heterocycles. The Morgan fingerprint density at radius 1 is 0.889 bits per heavy atom. The van der Waals surface area contributed by atoms with Crippen molar-refractivity contribution in [3.05, 3.63) is 72.3 Å². The van der Waals surface area contributed by atoms with Crippen LogP contribution in [0.25, 0.3) is 10.8 Å². The van der Waals surface area contributed by atoms with E-state index >= 15 is 0 Å². The van der Waals surface area contributed by atoms with Gasteiger partial charge in [-0.1, -0.05) is 24.3 Å². The Balaban J connectivity index is 2.15. The van der Waals surface area contributed by atoms with Crippen molar-refractivity contribution in [1.29, 1.82) is 0 Å². The lowest BCUT2D eigenvalue weighted by molar-refractivity contribution is 0.217. The maximum atomic E-state index is 10.4. The van der Waals surface area contributed by atoms with E-state index in [4.69, 9.17) is 0 Å². The summed E-state index contributed by atoms with van der Waals surface area (Å²) in [6.45, 7) is 0. The van der Waals surface area contributed by atoms with Gasteiger partial charge in [-0.25, -0.2) is 0 Å². The fourth-order valence-corrected chi connectivity index (χ4v) is 2.06. The van der Waals surface area contributed by atoms with Crippen molar-refractivity contribution in [2.75, 3.05) is 0 Å². The van der Waals surface area contributed by atoms with Crippen molar-refractivity contribution in [3.63, 3.8) is 0 Å². The molecule has 0 spiro atoms. The highest BCUT2D eigenvalue weighted by Gasteiger charge is 2.14. The molecule has 0 radical (unpaired) electrons. The molecule has 0 saturated carbocycles. The minimum absolute atomic E-state index is 0.680. The molecular weight excluding hydrogens is 224 g/mol. The number of aromatic nitrogens is 2. The Bertz CT molecular complexity index is 662. The second kappa shape index (κ2) is 4.55. The summed E-state index contributed by atoms with van der Waals surface area (Å²) in [6, 6.07) is 13.5. The lowest BCUT2D eigenvalue weighted by Crippen LogP contribution is -2.03. The predicted molar refractivity (Wildman–Crippen MR) is 70.0 cm³/mol. The molecule has 3 rings (SSSR count). The number of nitrogens with zero attached hydrogens (tertiary/aromatic N) is 2. The van der Waals surface area contributed by atoms with E-state index in [0.717, 1.165) is 16.3 Å². The largest absolute Gasteiger partial charge is 0.382 e. The average molecular weight is 236 g/mol. The van der Waals surface area contributed by atoms with E-state index in [-0.39, 0.29) is 0 Å². The molecule has 3 heteroatoms. The molecule has 1 unspecified atom stereocenters. The molecule has 2 heterocycles. The van der Waals surface area contributed by atoms with Crippen molar-refractivity contribution in [2.24, 2.45) is 0 Å². The van der Waals surface area contributed by atoms with Gasteiger partial charge in [0.15, 0.2) is 0 Å². The van der Waals surface area contributed by atoms with Crippen molar-refractivity contribution in [1.82, 2.24) is 9.97 Å². The molecule has 0 amide bonds. The summed E-state index contributed by atoms with van der Waals surface area (Å²) in [5.74, 6) is 0. The van der Waals surface area contributed by atoms with E-state index in [0.29, 0.717) is 5.69 Å². The first kappa shape index (κ1) is 10.9. The van der Waals surface area contributed by atoms with Gasteiger partial charge >= 0.3 is 0 Å². The number of hydrogen-bond acceptors (Lipinski definition) is 3. The van der Waals surface area contributed by atoms with Gasteiger partial charge in [-0.15, -0.1) is 0 Å². The highest BCUT2D eigenvalue weighted by molar-refractivity contribution is 5.84. The minimum Gasteiger partial charge on any atom is -0.382 e. The van der Waals surface area contributed by atoms with Crippen LogP contribution in [-0.2, 0) is 0 Å². The van der Waals surface area contributed by atoms with Gasteiger partial charge < -0.3 is 5.11 Å². The zero-order valence-corrected chi connectivity index (χ0v) is 9.69. The summed E-state index contributed by atoms with van der Waals surface area (Å²) >= 11 is 0. The number of hydrogen-bond donors (Lipinski definition) is 1. The zero-order chi connectivity index (χ0) is 12.4. The van der Waals surface area contributed by atoms with Crippen molar-refractivity contribution >= 4 is 10.8 Å². The van der Waals surface area contributed by atoms with E-state index in [1.54, 1.807) is 30.7 Å². The molecule has 0 bridgehead atoms. The van der Waals surface area contributed by atoms with Gasteiger partial charge in [0.05, 0.1) is 5.69 Å². The third-order valence-corrected chi connectivity index (χ3v) is 2.99. The predicted octanol–water partition coefficient (Wildman–Crippen LogP) is 2.71. The Morgan fingerprint density at radius 3 is 2.50 bits per heavy atom. The van der Waals surface area contributed by atoms with Gasteiger partial charge in [0.2, 0.25) is 0 Å². The normalized spacial score (nSPS) is 12.5. The summed E-state index contributed by atoms with van der Waals surface area (Å²) in [6.07, 6.45) is 4.34. The van der Waals surface area contributed by atoms with Gasteiger partial charge in [-0.05, 0) is 29.1 Å². The van der Waals surface area contributed by atoms with Crippen LogP contribution in [0.2, 0.25) is 0 Å². The van der Waals surface area contributed by atoms with Gasteiger partial charge in [0.1, 0.15) is 6.10 Å². The first-order valence-electron chi connectivity index (χ1n) is 5.78. The lowest BCUT2D eigenvalue weighted by Gasteiger charge is -2.12. The quantitative estimate of drug-likeness (QED) is 0.744. The van der Waals surface area contributed by atoms with Crippen LogP contribution in [0.4, 0.5) is 0 Å². The van der Waals surface area contributed by atoms with E-state index in [1.165, 1.54) is 0 Å². The molecule has 0 fully saturated rings. The highest BCUT2D eigenvalue weighted by atomic mass is 16.3. The fraction of sp³-hybridized carbons (Fsp3) is 0.0667. The van der Waals surface area contributed by atoms with E-state index in [2.05, 4.69) is 9.97 Å². The smallest absolute Gasteiger partial charge is 0.122 e. The maximum Gasteiger partial charge on any atom is 0.122 e. The molecule has 88 valence electrons. The number of aliphatic hydroxyl groups is 1. The van der Waals surface area contributed by atoms with Crippen LogP contribution in [-0.4, -0.2) is 15.1 Å². The minimum atomic E-state index is -0.723. The SMILES string of the molecule is OC(c1ccncc1)c1nccc2ccccc12. The van der Waals surface area contributed by atoms with E-state index < -0.39 is 6.10 Å². The molecule has 0 aliphatic rings. The number of rotatable bonds is 2. The molecule has 3 aromatic rings. The zero-order valence-electron chi connectivity index (χ0n) is 9.69. The molecule has 0 aliphatic heterocycles. The average Bonchev–Trinajstić information content (AvgIpc) is 2.47. The Kier molecular flexibility index (Phi) is 2.74. The summed E-state index contributed by atoms with van der Waals surface area (Å²) in [4.78, 5) is 8.27. The summed E-state index contributed by atoms with van der Waals surface area (Å²) in [7, 11) is 0. The maximum absolute atomic E-state index is 10.4. The number of aliphatic hydroxyl groups excluding tert-OH is 1. The first-order chi connectivity index (χ1) is 8.86. The lowest BCUT2D eigenvalue weighted by atomic mass is 10.0. The molecule has 1 N–H and O–H groups in total. The number of fused-ring (bicyclic) bond motifs is 1. The Morgan fingerprint density at radius 2 is 1.67 bits per heavy atom. The Hall–Kier alpha value is -2.26. The van der Waals surface area contributed by atoms with Crippen molar-refractivity contribution < 1.29 is 5.11 Å². The van der Waals surface area contributed by atoms with Gasteiger partial charge in [0.25, 0.3) is 0 Å². The fourth-order valence-electron chi connectivity index (χ4n) is 2.06. The van der Waals surface area contributed by atoms with Gasteiger partial charge in [0, 0.05) is 24.0 Å². The molecule has 0 aliphatic carbocycles. The van der Waals surface area contributed by atoms with Crippen LogP contribution in [0.15, 0.2) is 61.1 Å². The van der Waals surface area contributed by atoms with Crippen LogP contribution in [0.5, 0.6) is 0 Å².